The molecular formula is C12H19N5. The number of aromatic nitrogens is 2. The van der Waals surface area contributed by atoms with Crippen LogP contribution >= 0.6 is 0 Å². The van der Waals surface area contributed by atoms with Crippen molar-refractivity contribution < 1.29 is 0 Å². The smallest absolute Gasteiger partial charge is 0.220 e. The summed E-state index contributed by atoms with van der Waals surface area (Å²) in [5, 5.41) is 3.37. The highest BCUT2D eigenvalue weighted by Crippen LogP contribution is 2.40. The minimum Gasteiger partial charge on any atom is -0.368 e. The Morgan fingerprint density at radius 2 is 2.12 bits per heavy atom. The van der Waals surface area contributed by atoms with Crippen molar-refractivity contribution in [2.45, 2.75) is 25.3 Å². The molecule has 3 N–H and O–H groups in total. The van der Waals surface area contributed by atoms with E-state index in [1.54, 1.807) is 0 Å². The van der Waals surface area contributed by atoms with Gasteiger partial charge in [-0.15, -0.1) is 0 Å². The summed E-state index contributed by atoms with van der Waals surface area (Å²) in [4.78, 5) is 11.0. The number of nitrogens with one attached hydrogen (secondary N) is 1. The molecule has 1 aliphatic carbocycles. The molecule has 0 aromatic carbocycles. The Hall–Kier alpha value is -1.20. The molecule has 1 aromatic rings. The van der Waals surface area contributed by atoms with Gasteiger partial charge in [0.1, 0.15) is 0 Å². The minimum absolute atomic E-state index is 0.413. The van der Waals surface area contributed by atoms with Gasteiger partial charge in [-0.1, -0.05) is 0 Å². The van der Waals surface area contributed by atoms with Crippen LogP contribution in [0.25, 0.3) is 0 Å². The Morgan fingerprint density at radius 1 is 1.35 bits per heavy atom. The zero-order chi connectivity index (χ0) is 11.7. The standard InChI is InChI=1S/C12H19N5/c13-12-15-7-10(11(16-12)9-1-2-9)8-17-5-3-14-4-6-17/h7,9,14H,1-6,8H2,(H2,13,15,16). The van der Waals surface area contributed by atoms with E-state index in [9.17, 15) is 0 Å². The highest BCUT2D eigenvalue weighted by molar-refractivity contribution is 5.30. The molecule has 0 radical (unpaired) electrons. The largest absolute Gasteiger partial charge is 0.368 e. The predicted molar refractivity (Wildman–Crippen MR) is 66.6 cm³/mol. The first-order valence-electron chi connectivity index (χ1n) is 6.37. The molecule has 2 fully saturated rings. The maximum atomic E-state index is 5.68. The van der Waals surface area contributed by atoms with Gasteiger partial charge in [0.25, 0.3) is 0 Å². The Balaban J connectivity index is 1.76. The molecule has 2 aliphatic rings. The Labute approximate surface area is 101 Å². The molecule has 0 spiro atoms. The van der Waals surface area contributed by atoms with E-state index < -0.39 is 0 Å². The summed E-state index contributed by atoms with van der Waals surface area (Å²) in [7, 11) is 0. The van der Waals surface area contributed by atoms with Gasteiger partial charge in [-0.05, 0) is 12.8 Å². The van der Waals surface area contributed by atoms with E-state index in [0.717, 1.165) is 32.7 Å². The second kappa shape index (κ2) is 4.58. The van der Waals surface area contributed by atoms with E-state index in [-0.39, 0.29) is 0 Å². The van der Waals surface area contributed by atoms with Crippen molar-refractivity contribution in [2.24, 2.45) is 0 Å². The number of anilines is 1. The molecule has 17 heavy (non-hydrogen) atoms. The molecule has 5 nitrogen and oxygen atoms in total. The van der Waals surface area contributed by atoms with Gasteiger partial charge in [0.2, 0.25) is 5.95 Å². The van der Waals surface area contributed by atoms with Crippen LogP contribution in [0.1, 0.15) is 30.0 Å². The molecule has 1 saturated carbocycles. The molecule has 92 valence electrons. The topological polar surface area (TPSA) is 67.1 Å². The average molecular weight is 233 g/mol. The molecule has 5 heteroatoms. The van der Waals surface area contributed by atoms with Gasteiger partial charge in [0.05, 0.1) is 5.69 Å². The maximum Gasteiger partial charge on any atom is 0.220 e. The lowest BCUT2D eigenvalue weighted by Gasteiger charge is -2.27. The number of hydrogen-bond acceptors (Lipinski definition) is 5. The van der Waals surface area contributed by atoms with Gasteiger partial charge in [-0.3, -0.25) is 4.90 Å². The summed E-state index contributed by atoms with van der Waals surface area (Å²) in [6, 6.07) is 0. The van der Waals surface area contributed by atoms with Crippen molar-refractivity contribution in [3.8, 4) is 0 Å². The lowest BCUT2D eigenvalue weighted by atomic mass is 10.1. The third-order valence-electron chi connectivity index (χ3n) is 3.48. The Morgan fingerprint density at radius 3 is 2.82 bits per heavy atom. The second-order valence-corrected chi connectivity index (χ2v) is 4.94. The van der Waals surface area contributed by atoms with E-state index in [4.69, 9.17) is 5.73 Å². The summed E-state index contributed by atoms with van der Waals surface area (Å²) in [6.07, 6.45) is 4.42. The van der Waals surface area contributed by atoms with Crippen LogP contribution in [0.3, 0.4) is 0 Å². The zero-order valence-electron chi connectivity index (χ0n) is 10.0. The van der Waals surface area contributed by atoms with Crippen LogP contribution in [0, 0.1) is 0 Å². The van der Waals surface area contributed by atoms with E-state index in [0.29, 0.717) is 11.9 Å². The molecule has 1 saturated heterocycles. The highest BCUT2D eigenvalue weighted by atomic mass is 15.2. The number of nitrogens with zero attached hydrogens (tertiary/aromatic N) is 3. The molecule has 2 heterocycles. The van der Waals surface area contributed by atoms with Crippen LogP contribution in [-0.2, 0) is 6.54 Å². The second-order valence-electron chi connectivity index (χ2n) is 4.94. The molecule has 0 bridgehead atoms. The van der Waals surface area contributed by atoms with Crippen molar-refractivity contribution in [3.63, 3.8) is 0 Å². The van der Waals surface area contributed by atoms with Gasteiger partial charge in [-0.25, -0.2) is 9.97 Å². The fraction of sp³-hybridized carbons (Fsp3) is 0.667. The van der Waals surface area contributed by atoms with Crippen LogP contribution in [0.2, 0.25) is 0 Å². The minimum atomic E-state index is 0.413. The third-order valence-corrected chi connectivity index (χ3v) is 3.48. The van der Waals surface area contributed by atoms with E-state index >= 15 is 0 Å². The SMILES string of the molecule is Nc1ncc(CN2CCNCC2)c(C2CC2)n1. The Kier molecular flexibility index (Phi) is 2.94. The normalized spacial score (nSPS) is 21.6. The quantitative estimate of drug-likeness (QED) is 0.788. The number of piperazine rings is 1. The highest BCUT2D eigenvalue weighted by Gasteiger charge is 2.28. The van der Waals surface area contributed by atoms with Crippen molar-refractivity contribution in [1.82, 2.24) is 20.2 Å². The van der Waals surface area contributed by atoms with Gasteiger partial charge in [0, 0.05) is 50.4 Å². The van der Waals surface area contributed by atoms with Crippen LogP contribution < -0.4 is 11.1 Å². The molecule has 3 rings (SSSR count). The number of hydrogen-bond donors (Lipinski definition) is 2. The average Bonchev–Trinajstić information content (AvgIpc) is 3.17. The van der Waals surface area contributed by atoms with Crippen molar-refractivity contribution >= 4 is 5.95 Å². The van der Waals surface area contributed by atoms with E-state index in [1.165, 1.54) is 24.1 Å². The fourth-order valence-electron chi connectivity index (χ4n) is 2.38. The molecule has 1 aromatic heterocycles. The summed E-state index contributed by atoms with van der Waals surface area (Å²) in [5.41, 5.74) is 8.14. The summed E-state index contributed by atoms with van der Waals surface area (Å²) < 4.78 is 0. The molecule has 0 amide bonds. The molecular weight excluding hydrogens is 214 g/mol. The number of rotatable bonds is 3. The van der Waals surface area contributed by atoms with Crippen LogP contribution in [-0.4, -0.2) is 41.0 Å². The number of nitrogen functional groups attached to an aromatic ring is 1. The predicted octanol–water partition coefficient (Wildman–Crippen LogP) is 0.341. The summed E-state index contributed by atoms with van der Waals surface area (Å²) >= 11 is 0. The van der Waals surface area contributed by atoms with Gasteiger partial charge < -0.3 is 11.1 Å². The first-order chi connectivity index (χ1) is 8.33. The van der Waals surface area contributed by atoms with Gasteiger partial charge in [-0.2, -0.15) is 0 Å². The van der Waals surface area contributed by atoms with Crippen molar-refractivity contribution in [2.75, 3.05) is 31.9 Å². The van der Waals surface area contributed by atoms with Crippen molar-refractivity contribution in [1.29, 1.82) is 0 Å². The van der Waals surface area contributed by atoms with Gasteiger partial charge in [0.15, 0.2) is 0 Å². The van der Waals surface area contributed by atoms with E-state index in [1.807, 2.05) is 6.20 Å². The molecule has 0 atom stereocenters. The summed E-state index contributed by atoms with van der Waals surface area (Å²) in [6.45, 7) is 5.33. The van der Waals surface area contributed by atoms with Crippen LogP contribution in [0.4, 0.5) is 5.95 Å². The molecule has 1 aliphatic heterocycles. The Bertz CT molecular complexity index is 396. The fourth-order valence-corrected chi connectivity index (χ4v) is 2.38. The van der Waals surface area contributed by atoms with Gasteiger partial charge >= 0.3 is 0 Å². The van der Waals surface area contributed by atoms with E-state index in [2.05, 4.69) is 20.2 Å². The first kappa shape index (κ1) is 10.9. The van der Waals surface area contributed by atoms with Crippen LogP contribution in [0.5, 0.6) is 0 Å². The van der Waals surface area contributed by atoms with Crippen molar-refractivity contribution in [3.05, 3.63) is 17.5 Å². The lowest BCUT2D eigenvalue weighted by Crippen LogP contribution is -2.43. The first-order valence-corrected chi connectivity index (χ1v) is 6.37. The third kappa shape index (κ3) is 2.56. The summed E-state index contributed by atoms with van der Waals surface area (Å²) in [5.74, 6) is 1.05. The lowest BCUT2D eigenvalue weighted by molar-refractivity contribution is 0.232. The molecule has 0 unspecified atom stereocenters. The zero-order valence-corrected chi connectivity index (χ0v) is 10.0. The maximum absolute atomic E-state index is 5.68. The van der Waals surface area contributed by atoms with Crippen LogP contribution in [0.15, 0.2) is 6.20 Å². The number of nitrogens with two attached hydrogens (primary N) is 1. The monoisotopic (exact) mass is 233 g/mol.